The third-order valence-corrected chi connectivity index (χ3v) is 11.1. The molecular weight excluding hydrogens is 643 g/mol. The van der Waals surface area contributed by atoms with Crippen LogP contribution < -0.4 is 5.32 Å². The molecular formula is C47H93NO4. The Morgan fingerprint density at radius 1 is 0.442 bits per heavy atom. The molecule has 3 unspecified atom stereocenters. The molecule has 5 heteroatoms. The van der Waals surface area contributed by atoms with E-state index in [0.29, 0.717) is 12.8 Å². The third kappa shape index (κ3) is 37.4. The molecule has 0 aliphatic carbocycles. The number of nitrogens with one attached hydrogen (secondary N) is 1. The first-order chi connectivity index (χ1) is 25.6. The number of carbonyl (C=O) groups excluding carboxylic acids is 1. The topological polar surface area (TPSA) is 89.8 Å². The zero-order chi connectivity index (χ0) is 38.0. The van der Waals surface area contributed by atoms with E-state index < -0.39 is 24.2 Å². The molecule has 0 bridgehead atoms. The van der Waals surface area contributed by atoms with Crippen molar-refractivity contribution in [2.45, 2.75) is 276 Å². The van der Waals surface area contributed by atoms with Crippen molar-refractivity contribution in [3.05, 3.63) is 12.2 Å². The van der Waals surface area contributed by atoms with Crippen molar-refractivity contribution in [3.8, 4) is 0 Å². The van der Waals surface area contributed by atoms with Crippen LogP contribution in [0.5, 0.6) is 0 Å². The Bertz CT molecular complexity index is 728. The fourth-order valence-corrected chi connectivity index (χ4v) is 7.42. The van der Waals surface area contributed by atoms with Gasteiger partial charge in [0.15, 0.2) is 0 Å². The van der Waals surface area contributed by atoms with Crippen molar-refractivity contribution in [2.75, 3.05) is 6.61 Å². The van der Waals surface area contributed by atoms with Gasteiger partial charge in [0.2, 0.25) is 5.91 Å². The summed E-state index contributed by atoms with van der Waals surface area (Å²) >= 11 is 0. The lowest BCUT2D eigenvalue weighted by Gasteiger charge is -2.23. The van der Waals surface area contributed by atoms with Crippen LogP contribution in [0.3, 0.4) is 0 Å². The van der Waals surface area contributed by atoms with E-state index in [1.165, 1.54) is 199 Å². The fourth-order valence-electron chi connectivity index (χ4n) is 7.42. The van der Waals surface area contributed by atoms with Gasteiger partial charge in [0.05, 0.1) is 18.8 Å². The van der Waals surface area contributed by atoms with Gasteiger partial charge in [0.25, 0.3) is 0 Å². The minimum absolute atomic E-state index is 0.312. The smallest absolute Gasteiger partial charge is 0.249 e. The van der Waals surface area contributed by atoms with Crippen LogP contribution in [0.15, 0.2) is 12.2 Å². The highest BCUT2D eigenvalue weighted by molar-refractivity contribution is 5.80. The molecule has 1 amide bonds. The number of hydrogen-bond donors (Lipinski definition) is 4. The molecule has 5 nitrogen and oxygen atoms in total. The maximum atomic E-state index is 12.5. The van der Waals surface area contributed by atoms with Crippen molar-refractivity contribution in [1.29, 1.82) is 0 Å². The monoisotopic (exact) mass is 736 g/mol. The predicted octanol–water partition coefficient (Wildman–Crippen LogP) is 13.6. The van der Waals surface area contributed by atoms with E-state index in [9.17, 15) is 20.1 Å². The maximum absolute atomic E-state index is 12.5. The van der Waals surface area contributed by atoms with Crippen molar-refractivity contribution < 1.29 is 20.1 Å². The summed E-state index contributed by atoms with van der Waals surface area (Å²) in [7, 11) is 0. The second-order valence-electron chi connectivity index (χ2n) is 16.3. The largest absolute Gasteiger partial charge is 0.394 e. The Hall–Kier alpha value is -0.910. The average molecular weight is 736 g/mol. The Morgan fingerprint density at radius 3 is 1.06 bits per heavy atom. The van der Waals surface area contributed by atoms with E-state index in [1.54, 1.807) is 0 Å². The molecule has 0 aromatic carbocycles. The molecule has 4 N–H and O–H groups in total. The van der Waals surface area contributed by atoms with Gasteiger partial charge < -0.3 is 20.6 Å². The predicted molar refractivity (Wildman–Crippen MR) is 227 cm³/mol. The van der Waals surface area contributed by atoms with Crippen molar-refractivity contribution >= 4 is 5.91 Å². The highest BCUT2D eigenvalue weighted by Gasteiger charge is 2.23. The molecule has 0 rings (SSSR count). The first-order valence-corrected chi connectivity index (χ1v) is 23.5. The lowest BCUT2D eigenvalue weighted by molar-refractivity contribution is -0.131. The summed E-state index contributed by atoms with van der Waals surface area (Å²) in [5.74, 6) is -0.470. The Labute approximate surface area is 325 Å². The van der Waals surface area contributed by atoms with Crippen LogP contribution in [-0.4, -0.2) is 46.1 Å². The summed E-state index contributed by atoms with van der Waals surface area (Å²) in [6.45, 7) is 4.25. The summed E-state index contributed by atoms with van der Waals surface area (Å²) in [6, 6.07) is -0.709. The highest BCUT2D eigenvalue weighted by Crippen LogP contribution is 2.16. The number of aliphatic hydroxyl groups is 3. The Morgan fingerprint density at radius 2 is 0.731 bits per heavy atom. The summed E-state index contributed by atoms with van der Waals surface area (Å²) in [6.07, 6.45) is 50.8. The van der Waals surface area contributed by atoms with Gasteiger partial charge in [-0.3, -0.25) is 4.79 Å². The molecule has 52 heavy (non-hydrogen) atoms. The molecule has 0 aliphatic rings. The summed E-state index contributed by atoms with van der Waals surface area (Å²) in [5.41, 5.74) is 0. The Kier molecular flexibility index (Phi) is 42.1. The Balaban J connectivity index is 3.57. The summed E-state index contributed by atoms with van der Waals surface area (Å²) < 4.78 is 0. The number of rotatable bonds is 43. The van der Waals surface area contributed by atoms with E-state index in [2.05, 4.69) is 31.3 Å². The number of hydrogen-bond acceptors (Lipinski definition) is 4. The van der Waals surface area contributed by atoms with Gasteiger partial charge in [-0.1, -0.05) is 231 Å². The molecule has 0 radical (unpaired) electrons. The van der Waals surface area contributed by atoms with E-state index in [-0.39, 0.29) is 6.61 Å². The van der Waals surface area contributed by atoms with Crippen molar-refractivity contribution in [2.24, 2.45) is 0 Å². The summed E-state index contributed by atoms with van der Waals surface area (Å²) in [5, 5.41) is 33.3. The van der Waals surface area contributed by atoms with Gasteiger partial charge in [-0.15, -0.1) is 0 Å². The van der Waals surface area contributed by atoms with Gasteiger partial charge in [0, 0.05) is 0 Å². The minimum atomic E-state index is -1.07. The van der Waals surface area contributed by atoms with Crippen LogP contribution in [0.1, 0.15) is 258 Å². The van der Waals surface area contributed by atoms with Gasteiger partial charge >= 0.3 is 0 Å². The maximum Gasteiger partial charge on any atom is 0.249 e. The SMILES string of the molecule is CCCCCCCCCCCCCC/C=C\CCCCCCCCCCC(O)C(=O)NC(CO)C(O)CCCCCCCCCCCCCCCC. The fraction of sp³-hybridized carbons (Fsp3) is 0.936. The van der Waals surface area contributed by atoms with Gasteiger partial charge in [-0.2, -0.15) is 0 Å². The highest BCUT2D eigenvalue weighted by atomic mass is 16.3. The summed E-state index contributed by atoms with van der Waals surface area (Å²) in [4.78, 5) is 12.5. The molecule has 3 atom stereocenters. The van der Waals surface area contributed by atoms with Crippen LogP contribution in [0.25, 0.3) is 0 Å². The zero-order valence-electron chi connectivity index (χ0n) is 35.2. The van der Waals surface area contributed by atoms with Crippen LogP contribution in [-0.2, 0) is 4.79 Å². The number of allylic oxidation sites excluding steroid dienone is 2. The van der Waals surface area contributed by atoms with Crippen molar-refractivity contribution in [3.63, 3.8) is 0 Å². The van der Waals surface area contributed by atoms with Crippen LogP contribution in [0.2, 0.25) is 0 Å². The van der Waals surface area contributed by atoms with E-state index in [4.69, 9.17) is 0 Å². The molecule has 0 spiro atoms. The standard InChI is InChI=1S/C47H93NO4/c1-3-5-7-9-11-13-15-17-19-20-21-22-23-24-25-26-27-28-30-32-34-36-38-40-42-46(51)47(52)48-44(43-49)45(50)41-39-37-35-33-31-29-18-16-14-12-10-8-6-4-2/h24-25,44-46,49-51H,3-23,26-43H2,1-2H3,(H,48,52)/b25-24-. The lowest BCUT2D eigenvalue weighted by Crippen LogP contribution is -2.49. The first kappa shape index (κ1) is 51.1. The normalized spacial score (nSPS) is 13.6. The molecule has 0 heterocycles. The second kappa shape index (κ2) is 42.8. The number of amides is 1. The molecule has 0 aliphatic heterocycles. The zero-order valence-corrected chi connectivity index (χ0v) is 35.2. The molecule has 0 fully saturated rings. The molecule has 0 saturated carbocycles. The van der Waals surface area contributed by atoms with E-state index in [0.717, 1.165) is 32.1 Å². The number of carbonyl (C=O) groups is 1. The average Bonchev–Trinajstić information content (AvgIpc) is 3.15. The molecule has 0 aromatic heterocycles. The van der Waals surface area contributed by atoms with Crippen LogP contribution >= 0.6 is 0 Å². The molecule has 310 valence electrons. The van der Waals surface area contributed by atoms with Gasteiger partial charge in [-0.25, -0.2) is 0 Å². The lowest BCUT2D eigenvalue weighted by atomic mass is 10.0. The first-order valence-electron chi connectivity index (χ1n) is 23.5. The van der Waals surface area contributed by atoms with Crippen LogP contribution in [0, 0.1) is 0 Å². The van der Waals surface area contributed by atoms with Gasteiger partial charge in [0.1, 0.15) is 6.10 Å². The van der Waals surface area contributed by atoms with Gasteiger partial charge in [-0.05, 0) is 38.5 Å². The quantitative estimate of drug-likeness (QED) is 0.0371. The van der Waals surface area contributed by atoms with Crippen LogP contribution in [0.4, 0.5) is 0 Å². The third-order valence-electron chi connectivity index (χ3n) is 11.1. The number of unbranched alkanes of at least 4 members (excludes halogenated alkanes) is 33. The van der Waals surface area contributed by atoms with E-state index in [1.807, 2.05) is 0 Å². The second-order valence-corrected chi connectivity index (χ2v) is 16.3. The minimum Gasteiger partial charge on any atom is -0.394 e. The molecule has 0 aromatic rings. The molecule has 0 saturated heterocycles. The van der Waals surface area contributed by atoms with Crippen molar-refractivity contribution in [1.82, 2.24) is 5.32 Å². The number of aliphatic hydroxyl groups excluding tert-OH is 3. The van der Waals surface area contributed by atoms with E-state index >= 15 is 0 Å².